The lowest BCUT2D eigenvalue weighted by Gasteiger charge is -2.06. The van der Waals surface area contributed by atoms with Crippen molar-refractivity contribution in [2.45, 2.75) is 6.92 Å². The molecular weight excluding hydrogens is 294 g/mol. The highest BCUT2D eigenvalue weighted by molar-refractivity contribution is 5.97. The van der Waals surface area contributed by atoms with Crippen LogP contribution in [0.1, 0.15) is 22.8 Å². The molecule has 0 fully saturated rings. The molecule has 0 bridgehead atoms. The second-order valence-corrected chi connectivity index (χ2v) is 4.70. The monoisotopic (exact) mass is 311 g/mol. The summed E-state index contributed by atoms with van der Waals surface area (Å²) in [4.78, 5) is 23.0. The minimum atomic E-state index is -0.353. The number of rotatable bonds is 5. The lowest BCUT2D eigenvalue weighted by Crippen LogP contribution is -2.18. The summed E-state index contributed by atoms with van der Waals surface area (Å²) in [6.45, 7) is 1.45. The SMILES string of the molecule is COc1ccccc1C(=O)N/N=C/c1ccc(NC(C)=O)cc1. The fourth-order valence-electron chi connectivity index (χ4n) is 1.91. The fraction of sp³-hybridized carbons (Fsp3) is 0.118. The van der Waals surface area contributed by atoms with E-state index < -0.39 is 0 Å². The number of para-hydroxylation sites is 1. The lowest BCUT2D eigenvalue weighted by atomic mass is 10.2. The van der Waals surface area contributed by atoms with E-state index in [9.17, 15) is 9.59 Å². The Labute approximate surface area is 134 Å². The van der Waals surface area contributed by atoms with Crippen molar-refractivity contribution >= 4 is 23.7 Å². The summed E-state index contributed by atoms with van der Waals surface area (Å²) in [7, 11) is 1.51. The molecule has 2 amide bonds. The maximum atomic E-state index is 12.0. The molecule has 0 aliphatic carbocycles. The average molecular weight is 311 g/mol. The van der Waals surface area contributed by atoms with Gasteiger partial charge in [-0.25, -0.2) is 5.43 Å². The molecular formula is C17H17N3O3. The van der Waals surface area contributed by atoms with Crippen molar-refractivity contribution < 1.29 is 14.3 Å². The van der Waals surface area contributed by atoms with E-state index in [0.717, 1.165) is 5.56 Å². The van der Waals surface area contributed by atoms with Crippen LogP contribution in [-0.2, 0) is 4.79 Å². The van der Waals surface area contributed by atoms with Crippen LogP contribution in [0.5, 0.6) is 5.75 Å². The largest absolute Gasteiger partial charge is 0.496 e. The molecule has 2 aromatic rings. The van der Waals surface area contributed by atoms with E-state index in [4.69, 9.17) is 4.74 Å². The van der Waals surface area contributed by atoms with Gasteiger partial charge in [-0.3, -0.25) is 9.59 Å². The number of nitrogens with one attached hydrogen (secondary N) is 2. The van der Waals surface area contributed by atoms with Gasteiger partial charge in [-0.15, -0.1) is 0 Å². The number of hydrogen-bond donors (Lipinski definition) is 2. The maximum Gasteiger partial charge on any atom is 0.275 e. The molecule has 6 heteroatoms. The Kier molecular flexibility index (Phi) is 5.46. The molecule has 0 aliphatic rings. The molecule has 23 heavy (non-hydrogen) atoms. The van der Waals surface area contributed by atoms with E-state index in [1.807, 2.05) is 0 Å². The number of hydrazone groups is 1. The number of hydrogen-bond acceptors (Lipinski definition) is 4. The molecule has 118 valence electrons. The van der Waals surface area contributed by atoms with Crippen molar-refractivity contribution in [2.24, 2.45) is 5.10 Å². The number of amides is 2. The van der Waals surface area contributed by atoms with Gasteiger partial charge in [-0.1, -0.05) is 24.3 Å². The standard InChI is InChI=1S/C17H17N3O3/c1-12(21)19-14-9-7-13(8-10-14)11-18-20-17(22)15-5-3-4-6-16(15)23-2/h3-11H,1-2H3,(H,19,21)(H,20,22)/b18-11+. The van der Waals surface area contributed by atoms with Gasteiger partial charge >= 0.3 is 0 Å². The van der Waals surface area contributed by atoms with Crippen LogP contribution < -0.4 is 15.5 Å². The van der Waals surface area contributed by atoms with Crippen LogP contribution in [0.2, 0.25) is 0 Å². The van der Waals surface area contributed by atoms with Gasteiger partial charge in [0.1, 0.15) is 5.75 Å². The van der Waals surface area contributed by atoms with E-state index in [-0.39, 0.29) is 11.8 Å². The highest BCUT2D eigenvalue weighted by Gasteiger charge is 2.09. The molecule has 2 aromatic carbocycles. The molecule has 0 radical (unpaired) electrons. The zero-order valence-corrected chi connectivity index (χ0v) is 12.9. The molecule has 2 rings (SSSR count). The minimum Gasteiger partial charge on any atom is -0.496 e. The molecule has 6 nitrogen and oxygen atoms in total. The number of nitrogens with zero attached hydrogens (tertiary/aromatic N) is 1. The van der Waals surface area contributed by atoms with Gasteiger partial charge in [-0.05, 0) is 29.8 Å². The topological polar surface area (TPSA) is 79.8 Å². The van der Waals surface area contributed by atoms with Crippen molar-refractivity contribution in [1.29, 1.82) is 0 Å². The third-order valence-electron chi connectivity index (χ3n) is 2.96. The zero-order valence-electron chi connectivity index (χ0n) is 12.9. The normalized spacial score (nSPS) is 10.3. The van der Waals surface area contributed by atoms with Gasteiger partial charge in [0.25, 0.3) is 5.91 Å². The number of anilines is 1. The van der Waals surface area contributed by atoms with Crippen molar-refractivity contribution in [3.05, 3.63) is 59.7 Å². The van der Waals surface area contributed by atoms with Crippen molar-refractivity contribution in [1.82, 2.24) is 5.43 Å². The van der Waals surface area contributed by atoms with Gasteiger partial charge in [0.05, 0.1) is 18.9 Å². The van der Waals surface area contributed by atoms with Gasteiger partial charge in [0, 0.05) is 12.6 Å². The summed E-state index contributed by atoms with van der Waals surface area (Å²) in [5.74, 6) is 0.00363. The molecule has 0 saturated carbocycles. The third kappa shape index (κ3) is 4.67. The first kappa shape index (κ1) is 16.2. The Balaban J connectivity index is 1.98. The van der Waals surface area contributed by atoms with Crippen LogP contribution in [0.3, 0.4) is 0 Å². The predicted octanol–water partition coefficient (Wildman–Crippen LogP) is 2.42. The number of carbonyl (C=O) groups excluding carboxylic acids is 2. The van der Waals surface area contributed by atoms with E-state index in [0.29, 0.717) is 17.0 Å². The Morgan fingerprint density at radius 2 is 1.78 bits per heavy atom. The van der Waals surface area contributed by atoms with Gasteiger partial charge in [0.15, 0.2) is 0 Å². The van der Waals surface area contributed by atoms with Crippen LogP contribution in [0.15, 0.2) is 53.6 Å². The number of carbonyl (C=O) groups is 2. The Morgan fingerprint density at radius 3 is 2.43 bits per heavy atom. The molecule has 0 heterocycles. The van der Waals surface area contributed by atoms with Crippen LogP contribution in [0, 0.1) is 0 Å². The summed E-state index contributed by atoms with van der Waals surface area (Å²) in [6.07, 6.45) is 1.52. The summed E-state index contributed by atoms with van der Waals surface area (Å²) >= 11 is 0. The summed E-state index contributed by atoms with van der Waals surface area (Å²) in [6, 6.07) is 14.0. The Morgan fingerprint density at radius 1 is 1.09 bits per heavy atom. The summed E-state index contributed by atoms with van der Waals surface area (Å²) < 4.78 is 5.13. The zero-order chi connectivity index (χ0) is 16.7. The van der Waals surface area contributed by atoms with E-state index in [1.165, 1.54) is 20.2 Å². The highest BCUT2D eigenvalue weighted by Crippen LogP contribution is 2.16. The van der Waals surface area contributed by atoms with Crippen molar-refractivity contribution in [3.8, 4) is 5.75 Å². The molecule has 0 aliphatic heterocycles. The minimum absolute atomic E-state index is 0.129. The third-order valence-corrected chi connectivity index (χ3v) is 2.96. The first-order valence-electron chi connectivity index (χ1n) is 6.94. The van der Waals surface area contributed by atoms with Crippen molar-refractivity contribution in [2.75, 3.05) is 12.4 Å². The second kappa shape index (κ2) is 7.74. The quantitative estimate of drug-likeness (QED) is 0.657. The fourth-order valence-corrected chi connectivity index (χ4v) is 1.91. The van der Waals surface area contributed by atoms with Gasteiger partial charge in [-0.2, -0.15) is 5.10 Å². The summed E-state index contributed by atoms with van der Waals surface area (Å²) in [5, 5.41) is 6.59. The first-order chi connectivity index (χ1) is 11.1. The Bertz CT molecular complexity index is 724. The lowest BCUT2D eigenvalue weighted by molar-refractivity contribution is -0.114. The number of benzene rings is 2. The summed E-state index contributed by atoms with van der Waals surface area (Å²) in [5.41, 5.74) is 4.35. The van der Waals surface area contributed by atoms with Crippen LogP contribution >= 0.6 is 0 Å². The van der Waals surface area contributed by atoms with Crippen LogP contribution in [0.4, 0.5) is 5.69 Å². The molecule has 0 unspecified atom stereocenters. The molecule has 0 saturated heterocycles. The van der Waals surface area contributed by atoms with E-state index >= 15 is 0 Å². The molecule has 0 spiro atoms. The van der Waals surface area contributed by atoms with Gasteiger partial charge < -0.3 is 10.1 Å². The number of methoxy groups -OCH3 is 1. The molecule has 0 aromatic heterocycles. The molecule has 2 N–H and O–H groups in total. The van der Waals surface area contributed by atoms with Crippen LogP contribution in [-0.4, -0.2) is 25.1 Å². The maximum absolute atomic E-state index is 12.0. The molecule has 0 atom stereocenters. The van der Waals surface area contributed by atoms with E-state index in [2.05, 4.69) is 15.8 Å². The smallest absolute Gasteiger partial charge is 0.275 e. The Hall–Kier alpha value is -3.15. The van der Waals surface area contributed by atoms with Crippen LogP contribution in [0.25, 0.3) is 0 Å². The predicted molar refractivity (Wildman–Crippen MR) is 88.8 cm³/mol. The average Bonchev–Trinajstić information content (AvgIpc) is 2.55. The second-order valence-electron chi connectivity index (χ2n) is 4.70. The van der Waals surface area contributed by atoms with Gasteiger partial charge in [0.2, 0.25) is 5.91 Å². The first-order valence-corrected chi connectivity index (χ1v) is 6.94. The van der Waals surface area contributed by atoms with E-state index in [1.54, 1.807) is 48.5 Å². The highest BCUT2D eigenvalue weighted by atomic mass is 16.5. The number of ether oxygens (including phenoxy) is 1. The van der Waals surface area contributed by atoms with Crippen molar-refractivity contribution in [3.63, 3.8) is 0 Å².